The maximum absolute atomic E-state index is 13.0. The van der Waals surface area contributed by atoms with Crippen LogP contribution in [0.4, 0.5) is 5.95 Å². The third kappa shape index (κ3) is 3.65. The largest absolute Gasteiger partial charge is 0.337 e. The highest BCUT2D eigenvalue weighted by molar-refractivity contribution is 7.13. The van der Waals surface area contributed by atoms with E-state index in [-0.39, 0.29) is 11.5 Å². The number of aromatic nitrogens is 4. The average Bonchev–Trinajstić information content (AvgIpc) is 3.29. The highest BCUT2D eigenvalue weighted by atomic mass is 32.1. The summed E-state index contributed by atoms with van der Waals surface area (Å²) in [4.78, 5) is 38.6. The van der Waals surface area contributed by atoms with Crippen LogP contribution in [0.1, 0.15) is 13.0 Å². The molecule has 4 heterocycles. The first-order valence-electron chi connectivity index (χ1n) is 9.08. The monoisotopic (exact) mass is 396 g/mol. The molecule has 0 bridgehead atoms. The lowest BCUT2D eigenvalue weighted by Gasteiger charge is -2.35. The summed E-state index contributed by atoms with van der Waals surface area (Å²) in [5.74, 6) is 0.566. The quantitative estimate of drug-likeness (QED) is 0.667. The van der Waals surface area contributed by atoms with E-state index in [1.165, 1.54) is 10.7 Å². The SMILES string of the molecule is C[C@H](C(=O)N1CCN(c2ncccn2)CC1)n1nc(-c2cccs2)ccc1=O. The molecule has 0 saturated carbocycles. The van der Waals surface area contributed by atoms with Crippen molar-refractivity contribution < 1.29 is 4.79 Å². The van der Waals surface area contributed by atoms with Gasteiger partial charge >= 0.3 is 0 Å². The van der Waals surface area contributed by atoms with Gasteiger partial charge in [-0.15, -0.1) is 11.3 Å². The minimum absolute atomic E-state index is 0.105. The third-order valence-electron chi connectivity index (χ3n) is 4.75. The number of nitrogens with zero attached hydrogens (tertiary/aromatic N) is 6. The molecule has 0 radical (unpaired) electrons. The van der Waals surface area contributed by atoms with Crippen LogP contribution in [-0.4, -0.2) is 56.7 Å². The summed E-state index contributed by atoms with van der Waals surface area (Å²) in [6.45, 7) is 4.14. The Morgan fingerprint density at radius 3 is 2.50 bits per heavy atom. The molecule has 28 heavy (non-hydrogen) atoms. The van der Waals surface area contributed by atoms with Crippen LogP contribution in [0.3, 0.4) is 0 Å². The van der Waals surface area contributed by atoms with Crippen molar-refractivity contribution in [2.45, 2.75) is 13.0 Å². The zero-order valence-corrected chi connectivity index (χ0v) is 16.2. The summed E-state index contributed by atoms with van der Waals surface area (Å²) in [6.07, 6.45) is 3.42. The van der Waals surface area contributed by atoms with E-state index < -0.39 is 6.04 Å². The van der Waals surface area contributed by atoms with E-state index in [4.69, 9.17) is 0 Å². The molecule has 4 rings (SSSR count). The van der Waals surface area contributed by atoms with Crippen LogP contribution < -0.4 is 10.5 Å². The van der Waals surface area contributed by atoms with E-state index in [0.717, 1.165) is 4.88 Å². The van der Waals surface area contributed by atoms with Crippen LogP contribution >= 0.6 is 11.3 Å². The predicted molar refractivity (Wildman–Crippen MR) is 107 cm³/mol. The Bertz CT molecular complexity index is 997. The molecule has 0 N–H and O–H groups in total. The van der Waals surface area contributed by atoms with Gasteiger partial charge in [0.05, 0.1) is 4.88 Å². The van der Waals surface area contributed by atoms with E-state index >= 15 is 0 Å². The Hall–Kier alpha value is -3.07. The molecule has 1 atom stereocenters. The maximum Gasteiger partial charge on any atom is 0.267 e. The van der Waals surface area contributed by atoms with Gasteiger partial charge in [-0.3, -0.25) is 9.59 Å². The summed E-state index contributed by atoms with van der Waals surface area (Å²) in [5.41, 5.74) is 0.415. The molecule has 144 valence electrons. The molecule has 1 fully saturated rings. The fraction of sp³-hybridized carbons (Fsp3) is 0.316. The van der Waals surface area contributed by atoms with Crippen molar-refractivity contribution in [3.8, 4) is 10.6 Å². The number of amides is 1. The lowest BCUT2D eigenvalue weighted by Crippen LogP contribution is -2.51. The molecule has 0 aliphatic carbocycles. The van der Waals surface area contributed by atoms with E-state index in [1.54, 1.807) is 47.7 Å². The smallest absolute Gasteiger partial charge is 0.267 e. The predicted octanol–water partition coefficient (Wildman–Crippen LogP) is 1.67. The summed E-state index contributed by atoms with van der Waals surface area (Å²) in [5, 5.41) is 6.39. The van der Waals surface area contributed by atoms with Gasteiger partial charge in [0, 0.05) is 44.6 Å². The van der Waals surface area contributed by atoms with Gasteiger partial charge in [-0.1, -0.05) is 6.07 Å². The Morgan fingerprint density at radius 1 is 1.07 bits per heavy atom. The van der Waals surface area contributed by atoms with Crippen molar-refractivity contribution >= 4 is 23.2 Å². The van der Waals surface area contributed by atoms with Crippen molar-refractivity contribution in [1.82, 2.24) is 24.6 Å². The number of piperazine rings is 1. The second-order valence-electron chi connectivity index (χ2n) is 6.52. The molecule has 3 aromatic rings. The molecule has 1 aliphatic heterocycles. The number of rotatable bonds is 4. The Balaban J connectivity index is 1.47. The lowest BCUT2D eigenvalue weighted by molar-refractivity contribution is -0.135. The Morgan fingerprint density at radius 2 is 1.82 bits per heavy atom. The zero-order chi connectivity index (χ0) is 19.5. The normalized spacial score (nSPS) is 15.5. The van der Waals surface area contributed by atoms with Gasteiger partial charge in [-0.2, -0.15) is 5.10 Å². The molecular formula is C19H20N6O2S. The van der Waals surface area contributed by atoms with Crippen LogP contribution in [0.5, 0.6) is 0 Å². The van der Waals surface area contributed by atoms with Crippen molar-refractivity contribution in [3.05, 3.63) is 58.5 Å². The van der Waals surface area contributed by atoms with Crippen LogP contribution in [0.2, 0.25) is 0 Å². The zero-order valence-electron chi connectivity index (χ0n) is 15.4. The maximum atomic E-state index is 13.0. The molecular weight excluding hydrogens is 376 g/mol. The molecule has 8 nitrogen and oxygen atoms in total. The molecule has 9 heteroatoms. The van der Waals surface area contributed by atoms with Gasteiger partial charge in [0.15, 0.2) is 0 Å². The van der Waals surface area contributed by atoms with Crippen LogP contribution in [0.25, 0.3) is 10.6 Å². The van der Waals surface area contributed by atoms with Crippen molar-refractivity contribution in [1.29, 1.82) is 0 Å². The first kappa shape index (κ1) is 18.3. The minimum Gasteiger partial charge on any atom is -0.337 e. The number of carbonyl (C=O) groups is 1. The van der Waals surface area contributed by atoms with E-state index in [2.05, 4.69) is 20.0 Å². The Kier molecular flexibility index (Phi) is 5.16. The third-order valence-corrected chi connectivity index (χ3v) is 5.64. The molecule has 0 spiro atoms. The van der Waals surface area contributed by atoms with Crippen LogP contribution in [0.15, 0.2) is 52.9 Å². The molecule has 0 aromatic carbocycles. The first-order valence-corrected chi connectivity index (χ1v) is 9.96. The topological polar surface area (TPSA) is 84.2 Å². The molecule has 1 amide bonds. The second kappa shape index (κ2) is 7.89. The van der Waals surface area contributed by atoms with E-state index in [0.29, 0.717) is 37.8 Å². The summed E-state index contributed by atoms with van der Waals surface area (Å²) < 4.78 is 1.28. The number of thiophene rings is 1. The standard InChI is InChI=1S/C19H20N6O2S/c1-14(25-17(26)6-5-15(22-25)16-4-2-13-28-16)18(27)23-9-11-24(12-10-23)19-20-7-3-8-21-19/h2-8,13-14H,9-12H2,1H3/t14-/m1/s1. The van der Waals surface area contributed by atoms with Crippen molar-refractivity contribution in [2.75, 3.05) is 31.1 Å². The van der Waals surface area contributed by atoms with E-state index in [9.17, 15) is 9.59 Å². The van der Waals surface area contributed by atoms with Gasteiger partial charge in [-0.25, -0.2) is 14.6 Å². The summed E-state index contributed by atoms with van der Waals surface area (Å²) in [7, 11) is 0. The van der Waals surface area contributed by atoms with Crippen LogP contribution in [-0.2, 0) is 4.79 Å². The summed E-state index contributed by atoms with van der Waals surface area (Å²) in [6, 6.07) is 8.16. The number of hydrogen-bond acceptors (Lipinski definition) is 7. The molecule has 1 aliphatic rings. The highest BCUT2D eigenvalue weighted by Gasteiger charge is 2.27. The van der Waals surface area contributed by atoms with Crippen molar-refractivity contribution in [3.63, 3.8) is 0 Å². The van der Waals surface area contributed by atoms with E-state index in [1.807, 2.05) is 17.5 Å². The Labute approximate surface area is 166 Å². The average molecular weight is 396 g/mol. The van der Waals surface area contributed by atoms with Crippen LogP contribution in [0, 0.1) is 0 Å². The number of anilines is 1. The van der Waals surface area contributed by atoms with Crippen molar-refractivity contribution in [2.24, 2.45) is 0 Å². The summed E-state index contributed by atoms with van der Waals surface area (Å²) >= 11 is 1.55. The fourth-order valence-electron chi connectivity index (χ4n) is 3.21. The fourth-order valence-corrected chi connectivity index (χ4v) is 3.90. The van der Waals surface area contributed by atoms with Gasteiger partial charge < -0.3 is 9.80 Å². The molecule has 3 aromatic heterocycles. The number of carbonyl (C=O) groups excluding carboxylic acids is 1. The van der Waals surface area contributed by atoms with Gasteiger partial charge in [-0.05, 0) is 30.5 Å². The lowest BCUT2D eigenvalue weighted by atomic mass is 10.2. The molecule has 1 saturated heterocycles. The highest BCUT2D eigenvalue weighted by Crippen LogP contribution is 2.22. The number of hydrogen-bond donors (Lipinski definition) is 0. The minimum atomic E-state index is -0.660. The first-order chi connectivity index (χ1) is 13.6. The molecule has 0 unspecified atom stereocenters. The van der Waals surface area contributed by atoms with Gasteiger partial charge in [0.2, 0.25) is 11.9 Å². The van der Waals surface area contributed by atoms with Gasteiger partial charge in [0.25, 0.3) is 5.56 Å². The van der Waals surface area contributed by atoms with Gasteiger partial charge in [0.1, 0.15) is 11.7 Å². The second-order valence-corrected chi connectivity index (χ2v) is 7.46.